The van der Waals surface area contributed by atoms with Gasteiger partial charge < -0.3 is 4.74 Å². The van der Waals surface area contributed by atoms with Gasteiger partial charge in [0.2, 0.25) is 0 Å². The van der Waals surface area contributed by atoms with E-state index in [1.165, 1.54) is 5.56 Å². The zero-order valence-electron chi connectivity index (χ0n) is 11.6. The van der Waals surface area contributed by atoms with Crippen molar-refractivity contribution in [3.63, 3.8) is 0 Å². The predicted octanol–water partition coefficient (Wildman–Crippen LogP) is 4.74. The van der Waals surface area contributed by atoms with Crippen molar-refractivity contribution in [3.8, 4) is 5.75 Å². The SMILES string of the molecule is COc1cccc(CN(C)Cc2ccc(Br)cc2Cl)c1. The maximum Gasteiger partial charge on any atom is 0.119 e. The van der Waals surface area contributed by atoms with Crippen LogP contribution in [0.15, 0.2) is 46.9 Å². The molecular formula is C16H17BrClNO. The zero-order chi connectivity index (χ0) is 14.5. The second-order valence-corrected chi connectivity index (χ2v) is 6.08. The second kappa shape index (κ2) is 7.11. The molecule has 0 atom stereocenters. The van der Waals surface area contributed by atoms with Gasteiger partial charge >= 0.3 is 0 Å². The van der Waals surface area contributed by atoms with E-state index in [0.29, 0.717) is 0 Å². The lowest BCUT2D eigenvalue weighted by atomic mass is 10.1. The molecule has 0 spiro atoms. The number of methoxy groups -OCH3 is 1. The van der Waals surface area contributed by atoms with Crippen LogP contribution in [-0.4, -0.2) is 19.1 Å². The lowest BCUT2D eigenvalue weighted by Gasteiger charge is -2.18. The Hall–Kier alpha value is -1.03. The molecule has 20 heavy (non-hydrogen) atoms. The van der Waals surface area contributed by atoms with E-state index >= 15 is 0 Å². The second-order valence-electron chi connectivity index (χ2n) is 4.76. The number of hydrogen-bond acceptors (Lipinski definition) is 2. The summed E-state index contributed by atoms with van der Waals surface area (Å²) in [6.07, 6.45) is 0. The first-order valence-electron chi connectivity index (χ1n) is 6.34. The normalized spacial score (nSPS) is 10.8. The van der Waals surface area contributed by atoms with E-state index < -0.39 is 0 Å². The van der Waals surface area contributed by atoms with E-state index in [9.17, 15) is 0 Å². The number of halogens is 2. The topological polar surface area (TPSA) is 12.5 Å². The van der Waals surface area contributed by atoms with Gasteiger partial charge in [-0.1, -0.05) is 45.7 Å². The summed E-state index contributed by atoms with van der Waals surface area (Å²) in [6.45, 7) is 1.66. The van der Waals surface area contributed by atoms with Crippen molar-refractivity contribution in [2.24, 2.45) is 0 Å². The number of hydrogen-bond donors (Lipinski definition) is 0. The van der Waals surface area contributed by atoms with Crippen molar-refractivity contribution in [1.82, 2.24) is 4.90 Å². The minimum atomic E-state index is 0.789. The molecule has 106 valence electrons. The monoisotopic (exact) mass is 353 g/mol. The molecule has 0 radical (unpaired) electrons. The molecule has 2 aromatic carbocycles. The molecule has 2 rings (SSSR count). The average molecular weight is 355 g/mol. The largest absolute Gasteiger partial charge is 0.497 e. The van der Waals surface area contributed by atoms with Gasteiger partial charge in [0.25, 0.3) is 0 Å². The maximum atomic E-state index is 6.25. The van der Waals surface area contributed by atoms with Crippen LogP contribution >= 0.6 is 27.5 Å². The molecule has 0 N–H and O–H groups in total. The molecule has 0 aliphatic heterocycles. The highest BCUT2D eigenvalue weighted by molar-refractivity contribution is 9.10. The summed E-state index contributed by atoms with van der Waals surface area (Å²) in [5, 5.41) is 0.789. The van der Waals surface area contributed by atoms with Gasteiger partial charge in [-0.25, -0.2) is 0 Å². The number of rotatable bonds is 5. The Morgan fingerprint density at radius 1 is 1.15 bits per heavy atom. The number of benzene rings is 2. The Morgan fingerprint density at radius 2 is 1.95 bits per heavy atom. The van der Waals surface area contributed by atoms with Gasteiger partial charge in [-0.15, -0.1) is 0 Å². The molecule has 0 amide bonds. The highest BCUT2D eigenvalue weighted by atomic mass is 79.9. The van der Waals surface area contributed by atoms with Gasteiger partial charge in [0.05, 0.1) is 7.11 Å². The van der Waals surface area contributed by atoms with Crippen LogP contribution in [0.4, 0.5) is 0 Å². The minimum Gasteiger partial charge on any atom is -0.497 e. The molecule has 0 aliphatic rings. The summed E-state index contributed by atoms with van der Waals surface area (Å²) in [5.74, 6) is 0.887. The summed E-state index contributed by atoms with van der Waals surface area (Å²) in [7, 11) is 3.77. The zero-order valence-corrected chi connectivity index (χ0v) is 13.9. The third-order valence-electron chi connectivity index (χ3n) is 3.04. The standard InChI is InChI=1S/C16H17BrClNO/c1-19(10-12-4-3-5-15(8-12)20-2)11-13-6-7-14(17)9-16(13)18/h3-9H,10-11H2,1-2H3. The Bertz CT molecular complexity index is 588. The van der Waals surface area contributed by atoms with Gasteiger partial charge in [0.1, 0.15) is 5.75 Å². The lowest BCUT2D eigenvalue weighted by Crippen LogP contribution is -2.17. The Labute approximate surface area is 133 Å². The fourth-order valence-electron chi connectivity index (χ4n) is 2.08. The highest BCUT2D eigenvalue weighted by Gasteiger charge is 2.06. The van der Waals surface area contributed by atoms with Crippen molar-refractivity contribution in [2.45, 2.75) is 13.1 Å². The van der Waals surface area contributed by atoms with Crippen LogP contribution in [0.25, 0.3) is 0 Å². The van der Waals surface area contributed by atoms with Crippen LogP contribution in [0, 0.1) is 0 Å². The van der Waals surface area contributed by atoms with E-state index in [-0.39, 0.29) is 0 Å². The third-order valence-corrected chi connectivity index (χ3v) is 3.89. The Morgan fingerprint density at radius 3 is 2.65 bits per heavy atom. The molecule has 0 bridgehead atoms. The van der Waals surface area contributed by atoms with Crippen LogP contribution in [0.5, 0.6) is 5.75 Å². The Balaban J connectivity index is 2.02. The average Bonchev–Trinajstić information content (AvgIpc) is 2.42. The quantitative estimate of drug-likeness (QED) is 0.769. The van der Waals surface area contributed by atoms with E-state index in [1.54, 1.807) is 7.11 Å². The highest BCUT2D eigenvalue weighted by Crippen LogP contribution is 2.23. The van der Waals surface area contributed by atoms with Crippen LogP contribution in [0.2, 0.25) is 5.02 Å². The summed E-state index contributed by atoms with van der Waals surface area (Å²) in [4.78, 5) is 2.23. The first kappa shape index (κ1) is 15.4. The smallest absolute Gasteiger partial charge is 0.119 e. The van der Waals surface area contributed by atoms with Crippen molar-refractivity contribution < 1.29 is 4.74 Å². The van der Waals surface area contributed by atoms with Crippen LogP contribution in [0.1, 0.15) is 11.1 Å². The maximum absolute atomic E-state index is 6.25. The molecule has 2 aromatic rings. The molecule has 0 saturated carbocycles. The molecule has 0 unspecified atom stereocenters. The third kappa shape index (κ3) is 4.23. The van der Waals surface area contributed by atoms with Crippen LogP contribution in [-0.2, 0) is 13.1 Å². The van der Waals surface area contributed by atoms with Gasteiger partial charge in [0, 0.05) is 22.6 Å². The summed E-state index contributed by atoms with van der Waals surface area (Å²) >= 11 is 9.67. The van der Waals surface area contributed by atoms with Crippen molar-refractivity contribution in [1.29, 1.82) is 0 Å². The molecular weight excluding hydrogens is 338 g/mol. The van der Waals surface area contributed by atoms with Crippen LogP contribution < -0.4 is 4.74 Å². The van der Waals surface area contributed by atoms with Crippen molar-refractivity contribution >= 4 is 27.5 Å². The van der Waals surface area contributed by atoms with Crippen LogP contribution in [0.3, 0.4) is 0 Å². The summed E-state index contributed by atoms with van der Waals surface area (Å²) < 4.78 is 6.24. The molecule has 2 nitrogen and oxygen atoms in total. The fourth-order valence-corrected chi connectivity index (χ4v) is 2.81. The van der Waals surface area contributed by atoms with E-state index in [0.717, 1.165) is 33.9 Å². The van der Waals surface area contributed by atoms with E-state index in [2.05, 4.69) is 46.1 Å². The molecule has 0 heterocycles. The molecule has 4 heteroatoms. The molecule has 0 fully saturated rings. The minimum absolute atomic E-state index is 0.789. The lowest BCUT2D eigenvalue weighted by molar-refractivity contribution is 0.318. The molecule has 0 aliphatic carbocycles. The summed E-state index contributed by atoms with van der Waals surface area (Å²) in [6, 6.07) is 14.1. The van der Waals surface area contributed by atoms with Gasteiger partial charge in [-0.2, -0.15) is 0 Å². The van der Waals surface area contributed by atoms with Crippen molar-refractivity contribution in [2.75, 3.05) is 14.2 Å². The number of nitrogens with zero attached hydrogens (tertiary/aromatic N) is 1. The van der Waals surface area contributed by atoms with E-state index in [1.807, 2.05) is 24.3 Å². The van der Waals surface area contributed by atoms with Gasteiger partial charge in [-0.3, -0.25) is 4.90 Å². The number of ether oxygens (including phenoxy) is 1. The Kier molecular flexibility index (Phi) is 5.46. The fraction of sp³-hybridized carbons (Fsp3) is 0.250. The first-order valence-corrected chi connectivity index (χ1v) is 7.51. The molecule has 0 saturated heterocycles. The molecule has 0 aromatic heterocycles. The van der Waals surface area contributed by atoms with E-state index in [4.69, 9.17) is 16.3 Å². The van der Waals surface area contributed by atoms with Gasteiger partial charge in [0.15, 0.2) is 0 Å². The summed E-state index contributed by atoms with van der Waals surface area (Å²) in [5.41, 5.74) is 2.35. The van der Waals surface area contributed by atoms with Gasteiger partial charge in [-0.05, 0) is 42.4 Å². The predicted molar refractivity (Wildman–Crippen MR) is 87.3 cm³/mol. The first-order chi connectivity index (χ1) is 9.58. The van der Waals surface area contributed by atoms with Crippen molar-refractivity contribution in [3.05, 3.63) is 63.1 Å².